The van der Waals surface area contributed by atoms with Crippen LogP contribution in [0.15, 0.2) is 94.7 Å². The summed E-state index contributed by atoms with van der Waals surface area (Å²) in [6, 6.07) is 24.6. The van der Waals surface area contributed by atoms with Gasteiger partial charge in [-0.3, -0.25) is 4.79 Å². The van der Waals surface area contributed by atoms with E-state index in [4.69, 9.17) is 0 Å². The van der Waals surface area contributed by atoms with E-state index in [2.05, 4.69) is 15.4 Å². The van der Waals surface area contributed by atoms with Crippen molar-refractivity contribution >= 4 is 25.8 Å². The number of nitrogens with one attached hydrogen (secondary N) is 3. The molecule has 0 radical (unpaired) electrons. The SMILES string of the molecule is CS(=O)(=O)c1ccc(S(=O)(=O)NC2CNCC(C(=O)NCC(c3ccccc3)c3ccccc3)C2)cc1. The van der Waals surface area contributed by atoms with Crippen LogP contribution in [0.3, 0.4) is 0 Å². The Hall–Kier alpha value is -3.05. The van der Waals surface area contributed by atoms with Gasteiger partial charge in [0.2, 0.25) is 15.9 Å². The number of hydrogen-bond donors (Lipinski definition) is 3. The third-order valence-electron chi connectivity index (χ3n) is 6.49. The highest BCUT2D eigenvalue weighted by Gasteiger charge is 2.30. The molecule has 3 aromatic carbocycles. The Morgan fingerprint density at radius 1 is 0.838 bits per heavy atom. The fraction of sp³-hybridized carbons (Fsp3) is 0.296. The van der Waals surface area contributed by atoms with Crippen LogP contribution in [0.25, 0.3) is 0 Å². The summed E-state index contributed by atoms with van der Waals surface area (Å²) in [6.45, 7) is 1.27. The first-order valence-corrected chi connectivity index (χ1v) is 15.4. The number of sulfonamides is 1. The summed E-state index contributed by atoms with van der Waals surface area (Å²) in [4.78, 5) is 13.1. The highest BCUT2D eigenvalue weighted by molar-refractivity contribution is 7.90. The molecule has 1 amide bonds. The van der Waals surface area contributed by atoms with E-state index in [9.17, 15) is 21.6 Å². The Bertz CT molecular complexity index is 1370. The predicted molar refractivity (Wildman–Crippen MR) is 142 cm³/mol. The zero-order valence-corrected chi connectivity index (χ0v) is 22.1. The molecule has 2 atom stereocenters. The minimum atomic E-state index is -3.89. The van der Waals surface area contributed by atoms with Gasteiger partial charge in [0, 0.05) is 37.8 Å². The second kappa shape index (κ2) is 11.6. The lowest BCUT2D eigenvalue weighted by Crippen LogP contribution is -2.52. The minimum absolute atomic E-state index is 0.00731. The summed E-state index contributed by atoms with van der Waals surface area (Å²) in [7, 11) is -7.31. The van der Waals surface area contributed by atoms with Crippen LogP contribution in [0.2, 0.25) is 0 Å². The predicted octanol–water partition coefficient (Wildman–Crippen LogP) is 2.29. The molecule has 10 heteroatoms. The summed E-state index contributed by atoms with van der Waals surface area (Å²) in [5.41, 5.74) is 2.20. The molecule has 1 heterocycles. The van der Waals surface area contributed by atoms with Crippen molar-refractivity contribution < 1.29 is 21.6 Å². The van der Waals surface area contributed by atoms with Crippen molar-refractivity contribution in [2.75, 3.05) is 25.9 Å². The van der Waals surface area contributed by atoms with Gasteiger partial charge in [0.05, 0.1) is 15.7 Å². The molecule has 4 rings (SSSR count). The summed E-state index contributed by atoms with van der Waals surface area (Å²) in [6.07, 6.45) is 1.41. The van der Waals surface area contributed by atoms with Gasteiger partial charge >= 0.3 is 0 Å². The molecule has 8 nitrogen and oxygen atoms in total. The molecule has 0 aromatic heterocycles. The number of piperidine rings is 1. The van der Waals surface area contributed by atoms with Crippen LogP contribution in [0.5, 0.6) is 0 Å². The number of carbonyl (C=O) groups excluding carboxylic acids is 1. The Morgan fingerprint density at radius 2 is 1.38 bits per heavy atom. The van der Waals surface area contributed by atoms with Crippen LogP contribution >= 0.6 is 0 Å². The summed E-state index contributed by atoms with van der Waals surface area (Å²) in [5.74, 6) is -0.542. The van der Waals surface area contributed by atoms with Gasteiger partial charge < -0.3 is 10.6 Å². The Morgan fingerprint density at radius 3 is 1.92 bits per heavy atom. The minimum Gasteiger partial charge on any atom is -0.355 e. The third kappa shape index (κ3) is 7.04. The van der Waals surface area contributed by atoms with Crippen molar-refractivity contribution in [3.63, 3.8) is 0 Å². The molecule has 2 unspecified atom stereocenters. The van der Waals surface area contributed by atoms with Crippen LogP contribution in [0, 0.1) is 5.92 Å². The fourth-order valence-corrected chi connectivity index (χ4v) is 6.41. The number of carbonyl (C=O) groups is 1. The van der Waals surface area contributed by atoms with E-state index in [1.54, 1.807) is 0 Å². The average Bonchev–Trinajstić information content (AvgIpc) is 2.89. The Labute approximate surface area is 218 Å². The number of hydrogen-bond acceptors (Lipinski definition) is 6. The normalized spacial score (nSPS) is 18.4. The molecule has 1 saturated heterocycles. The second-order valence-electron chi connectivity index (χ2n) is 9.27. The Kier molecular flexibility index (Phi) is 8.43. The number of sulfone groups is 1. The van der Waals surface area contributed by atoms with Crippen molar-refractivity contribution in [1.82, 2.24) is 15.4 Å². The lowest BCUT2D eigenvalue weighted by atomic mass is 9.90. The summed E-state index contributed by atoms with van der Waals surface area (Å²) in [5, 5.41) is 6.22. The zero-order valence-electron chi connectivity index (χ0n) is 20.5. The van der Waals surface area contributed by atoms with E-state index in [0.717, 1.165) is 17.4 Å². The molecular weight excluding hydrogens is 510 g/mol. The largest absolute Gasteiger partial charge is 0.355 e. The van der Waals surface area contributed by atoms with Crippen molar-refractivity contribution in [1.29, 1.82) is 0 Å². The molecule has 0 spiro atoms. The molecule has 1 fully saturated rings. The van der Waals surface area contributed by atoms with Gasteiger partial charge in [-0.25, -0.2) is 21.6 Å². The third-order valence-corrected chi connectivity index (χ3v) is 9.15. The Balaban J connectivity index is 1.39. The van der Waals surface area contributed by atoms with Gasteiger partial charge in [0.15, 0.2) is 9.84 Å². The van der Waals surface area contributed by atoms with Crippen LogP contribution in [0.4, 0.5) is 0 Å². The number of rotatable bonds is 9. The molecule has 37 heavy (non-hydrogen) atoms. The molecule has 196 valence electrons. The van der Waals surface area contributed by atoms with E-state index in [1.165, 1.54) is 24.3 Å². The molecule has 3 aromatic rings. The first-order chi connectivity index (χ1) is 17.6. The lowest BCUT2D eigenvalue weighted by molar-refractivity contribution is -0.125. The van der Waals surface area contributed by atoms with Gasteiger partial charge in [-0.1, -0.05) is 60.7 Å². The van der Waals surface area contributed by atoms with Gasteiger partial charge in [0.1, 0.15) is 0 Å². The van der Waals surface area contributed by atoms with Crippen LogP contribution < -0.4 is 15.4 Å². The van der Waals surface area contributed by atoms with E-state index in [1.807, 2.05) is 60.7 Å². The zero-order chi connectivity index (χ0) is 26.5. The van der Waals surface area contributed by atoms with Gasteiger partial charge in [-0.2, -0.15) is 0 Å². The van der Waals surface area contributed by atoms with Crippen LogP contribution in [0.1, 0.15) is 23.5 Å². The maximum Gasteiger partial charge on any atom is 0.240 e. The second-order valence-corrected chi connectivity index (χ2v) is 13.0. The molecule has 3 N–H and O–H groups in total. The molecule has 1 aliphatic rings. The quantitative estimate of drug-likeness (QED) is 0.382. The standard InChI is InChI=1S/C27H31N3O5S2/c1-36(32,33)24-12-14-25(15-13-24)37(34,35)30-23-16-22(17-28-18-23)27(31)29-19-26(20-8-4-2-5-9-20)21-10-6-3-7-11-21/h2-15,22-23,26,28,30H,16-19H2,1H3,(H,29,31). The van der Waals surface area contributed by atoms with Gasteiger partial charge in [-0.05, 0) is 41.8 Å². The molecule has 0 aliphatic carbocycles. The molecule has 0 bridgehead atoms. The monoisotopic (exact) mass is 541 g/mol. The van der Waals surface area contributed by atoms with Crippen molar-refractivity contribution in [3.05, 3.63) is 96.1 Å². The first kappa shape index (κ1) is 27.0. The smallest absolute Gasteiger partial charge is 0.240 e. The fourth-order valence-electron chi connectivity index (χ4n) is 4.53. The maximum absolute atomic E-state index is 13.1. The number of amides is 1. The van der Waals surface area contributed by atoms with Crippen LogP contribution in [-0.4, -0.2) is 54.7 Å². The van der Waals surface area contributed by atoms with Crippen molar-refractivity contribution in [2.45, 2.75) is 28.2 Å². The van der Waals surface area contributed by atoms with Crippen LogP contribution in [-0.2, 0) is 24.7 Å². The number of benzene rings is 3. The lowest BCUT2D eigenvalue weighted by Gasteiger charge is -2.30. The van der Waals surface area contributed by atoms with Gasteiger partial charge in [0.25, 0.3) is 0 Å². The first-order valence-electron chi connectivity index (χ1n) is 12.0. The average molecular weight is 542 g/mol. The molecule has 0 saturated carbocycles. The van der Waals surface area contributed by atoms with E-state index in [0.29, 0.717) is 26.1 Å². The van der Waals surface area contributed by atoms with E-state index >= 15 is 0 Å². The van der Waals surface area contributed by atoms with E-state index < -0.39 is 31.8 Å². The summed E-state index contributed by atoms with van der Waals surface area (Å²) >= 11 is 0. The van der Waals surface area contributed by atoms with Crippen molar-refractivity contribution in [2.24, 2.45) is 5.92 Å². The van der Waals surface area contributed by atoms with Gasteiger partial charge in [-0.15, -0.1) is 0 Å². The summed E-state index contributed by atoms with van der Waals surface area (Å²) < 4.78 is 51.7. The highest BCUT2D eigenvalue weighted by atomic mass is 32.2. The highest BCUT2D eigenvalue weighted by Crippen LogP contribution is 2.24. The molecular formula is C27H31N3O5S2. The van der Waals surface area contributed by atoms with E-state index in [-0.39, 0.29) is 21.6 Å². The molecule has 1 aliphatic heterocycles. The maximum atomic E-state index is 13.1. The van der Waals surface area contributed by atoms with Crippen molar-refractivity contribution in [3.8, 4) is 0 Å². The topological polar surface area (TPSA) is 121 Å².